The van der Waals surface area contributed by atoms with Crippen LogP contribution in [-0.4, -0.2) is 28.9 Å². The molecule has 0 saturated heterocycles. The van der Waals surface area contributed by atoms with Gasteiger partial charge in [0.05, 0.1) is 19.3 Å². The molecule has 1 amide bonds. The van der Waals surface area contributed by atoms with E-state index in [-0.39, 0.29) is 11.9 Å². The number of hydrogen-bond donors (Lipinski definition) is 0. The molecule has 0 spiro atoms. The Labute approximate surface area is 182 Å². The highest BCUT2D eigenvalue weighted by Crippen LogP contribution is 2.21. The number of methoxy groups -OCH3 is 1. The van der Waals surface area contributed by atoms with E-state index in [2.05, 4.69) is 18.8 Å². The monoisotopic (exact) mass is 424 g/mol. The van der Waals surface area contributed by atoms with Crippen LogP contribution in [0.3, 0.4) is 0 Å². The highest BCUT2D eigenvalue weighted by molar-refractivity contribution is 7.09. The lowest BCUT2D eigenvalue weighted by molar-refractivity contribution is 0.0668. The van der Waals surface area contributed by atoms with Crippen LogP contribution in [0, 0.1) is 6.92 Å². The molecule has 0 N–H and O–H groups in total. The number of nitrogens with zero attached hydrogens (tertiary/aromatic N) is 2. The van der Waals surface area contributed by atoms with Crippen LogP contribution in [0.1, 0.15) is 46.9 Å². The fraction of sp³-hybridized carbons (Fsp3) is 0.333. The zero-order chi connectivity index (χ0) is 21.5. The quantitative estimate of drug-likeness (QED) is 0.456. The number of hydrogen-bond acceptors (Lipinski definition) is 5. The molecule has 30 heavy (non-hydrogen) atoms. The topological polar surface area (TPSA) is 51.7 Å². The Morgan fingerprint density at radius 2 is 1.93 bits per heavy atom. The predicted molar refractivity (Wildman–Crippen MR) is 120 cm³/mol. The molecule has 0 bridgehead atoms. The second-order valence-electron chi connectivity index (χ2n) is 7.26. The lowest BCUT2D eigenvalue weighted by Gasteiger charge is -2.28. The molecule has 3 rings (SSSR count). The largest absolute Gasteiger partial charge is 0.497 e. The summed E-state index contributed by atoms with van der Waals surface area (Å²) in [6.45, 7) is 7.07. The van der Waals surface area contributed by atoms with Gasteiger partial charge in [0, 0.05) is 17.0 Å². The van der Waals surface area contributed by atoms with Crippen LogP contribution >= 0.6 is 11.3 Å². The molecule has 0 unspecified atom stereocenters. The minimum Gasteiger partial charge on any atom is -0.497 e. The molecular weight excluding hydrogens is 396 g/mol. The third-order valence-corrected chi connectivity index (χ3v) is 5.89. The average Bonchev–Trinajstić information content (AvgIpc) is 3.23. The van der Waals surface area contributed by atoms with Gasteiger partial charge in [0.1, 0.15) is 23.1 Å². The lowest BCUT2D eigenvalue weighted by Crippen LogP contribution is -2.37. The average molecular weight is 425 g/mol. The van der Waals surface area contributed by atoms with Crippen molar-refractivity contribution < 1.29 is 14.3 Å². The molecule has 0 fully saturated rings. The molecule has 1 heterocycles. The van der Waals surface area contributed by atoms with Gasteiger partial charge < -0.3 is 14.4 Å². The van der Waals surface area contributed by atoms with E-state index in [1.54, 1.807) is 24.5 Å². The van der Waals surface area contributed by atoms with E-state index < -0.39 is 0 Å². The summed E-state index contributed by atoms with van der Waals surface area (Å²) in [4.78, 5) is 19.7. The SMILES string of the molecule is CC[C@H](C)N(Cc1csc(COc2ccc(C)cc2)n1)C(=O)c1cccc(OC)c1. The van der Waals surface area contributed by atoms with Gasteiger partial charge in [0.2, 0.25) is 0 Å². The van der Waals surface area contributed by atoms with Crippen molar-refractivity contribution in [1.29, 1.82) is 0 Å². The zero-order valence-electron chi connectivity index (χ0n) is 17.9. The number of rotatable bonds is 9. The minimum atomic E-state index is -0.0197. The molecule has 0 aliphatic rings. The zero-order valence-corrected chi connectivity index (χ0v) is 18.7. The molecule has 0 saturated carbocycles. The van der Waals surface area contributed by atoms with Crippen LogP contribution in [0.15, 0.2) is 53.9 Å². The van der Waals surface area contributed by atoms with Crippen LogP contribution in [0.5, 0.6) is 11.5 Å². The Morgan fingerprint density at radius 3 is 2.63 bits per heavy atom. The Morgan fingerprint density at radius 1 is 1.17 bits per heavy atom. The first-order valence-electron chi connectivity index (χ1n) is 10.1. The summed E-state index contributed by atoms with van der Waals surface area (Å²) >= 11 is 1.55. The number of thiazole rings is 1. The summed E-state index contributed by atoms with van der Waals surface area (Å²) in [5.41, 5.74) is 2.69. The van der Waals surface area contributed by atoms with Crippen molar-refractivity contribution in [3.05, 3.63) is 75.7 Å². The molecule has 5 nitrogen and oxygen atoms in total. The van der Waals surface area contributed by atoms with Gasteiger partial charge in [0.15, 0.2) is 0 Å². The molecule has 2 aromatic carbocycles. The van der Waals surface area contributed by atoms with Gasteiger partial charge in [-0.2, -0.15) is 0 Å². The standard InChI is InChI=1S/C24H28N2O3S/c1-5-18(3)26(24(27)19-7-6-8-22(13-19)28-4)14-20-16-30-23(25-20)15-29-21-11-9-17(2)10-12-21/h6-13,16,18H,5,14-15H2,1-4H3/t18-/m0/s1. The van der Waals surface area contributed by atoms with Crippen LogP contribution in [0.25, 0.3) is 0 Å². The Bertz CT molecular complexity index is 969. The van der Waals surface area contributed by atoms with Crippen LogP contribution in [0.2, 0.25) is 0 Å². The smallest absolute Gasteiger partial charge is 0.254 e. The summed E-state index contributed by atoms with van der Waals surface area (Å²) < 4.78 is 11.1. The van der Waals surface area contributed by atoms with Crippen LogP contribution in [0.4, 0.5) is 0 Å². The van der Waals surface area contributed by atoms with Crippen molar-refractivity contribution in [3.8, 4) is 11.5 Å². The van der Waals surface area contributed by atoms with E-state index in [9.17, 15) is 4.79 Å². The van der Waals surface area contributed by atoms with E-state index in [1.807, 2.05) is 59.7 Å². The maximum Gasteiger partial charge on any atom is 0.254 e. The Hall–Kier alpha value is -2.86. The molecule has 6 heteroatoms. The predicted octanol–water partition coefficient (Wildman–Crippen LogP) is 5.48. The molecule has 1 atom stereocenters. The third-order valence-electron chi connectivity index (χ3n) is 5.02. The van der Waals surface area contributed by atoms with Crippen molar-refractivity contribution in [2.24, 2.45) is 0 Å². The van der Waals surface area contributed by atoms with E-state index in [1.165, 1.54) is 5.56 Å². The van der Waals surface area contributed by atoms with Gasteiger partial charge in [-0.3, -0.25) is 4.79 Å². The summed E-state index contributed by atoms with van der Waals surface area (Å²) in [5.74, 6) is 1.48. The van der Waals surface area contributed by atoms with Crippen molar-refractivity contribution in [1.82, 2.24) is 9.88 Å². The van der Waals surface area contributed by atoms with Gasteiger partial charge in [-0.25, -0.2) is 4.98 Å². The number of aryl methyl sites for hydroxylation is 1. The van der Waals surface area contributed by atoms with E-state index in [0.29, 0.717) is 24.5 Å². The van der Waals surface area contributed by atoms with E-state index in [0.717, 1.165) is 22.9 Å². The van der Waals surface area contributed by atoms with Crippen LogP contribution < -0.4 is 9.47 Å². The third kappa shape index (κ3) is 5.60. The molecule has 158 valence electrons. The number of amides is 1. The highest BCUT2D eigenvalue weighted by atomic mass is 32.1. The Balaban J connectivity index is 1.69. The maximum atomic E-state index is 13.2. The summed E-state index contributed by atoms with van der Waals surface area (Å²) in [6.07, 6.45) is 0.864. The van der Waals surface area contributed by atoms with Gasteiger partial charge in [-0.15, -0.1) is 11.3 Å². The molecule has 0 aliphatic carbocycles. The second kappa shape index (κ2) is 10.3. The molecule has 3 aromatic rings. The Kier molecular flexibility index (Phi) is 7.46. The van der Waals surface area contributed by atoms with Gasteiger partial charge in [0.25, 0.3) is 5.91 Å². The lowest BCUT2D eigenvalue weighted by atomic mass is 10.1. The van der Waals surface area contributed by atoms with Crippen molar-refractivity contribution >= 4 is 17.2 Å². The molecule has 1 aromatic heterocycles. The normalized spacial score (nSPS) is 11.7. The minimum absolute atomic E-state index is 0.0197. The molecule has 0 aliphatic heterocycles. The van der Waals surface area contributed by atoms with E-state index >= 15 is 0 Å². The van der Waals surface area contributed by atoms with Crippen molar-refractivity contribution in [2.75, 3.05) is 7.11 Å². The first kappa shape index (κ1) is 21.8. The summed E-state index contributed by atoms with van der Waals surface area (Å²) in [7, 11) is 1.60. The van der Waals surface area contributed by atoms with E-state index in [4.69, 9.17) is 9.47 Å². The fourth-order valence-corrected chi connectivity index (χ4v) is 3.71. The van der Waals surface area contributed by atoms with Gasteiger partial charge in [-0.05, 0) is 50.6 Å². The van der Waals surface area contributed by atoms with Crippen molar-refractivity contribution in [2.45, 2.75) is 46.4 Å². The van der Waals surface area contributed by atoms with Crippen LogP contribution in [-0.2, 0) is 13.2 Å². The first-order valence-corrected chi connectivity index (χ1v) is 11.0. The van der Waals surface area contributed by atoms with Gasteiger partial charge in [-0.1, -0.05) is 30.7 Å². The summed E-state index contributed by atoms with van der Waals surface area (Å²) in [6, 6.07) is 15.3. The second-order valence-corrected chi connectivity index (χ2v) is 8.20. The maximum absolute atomic E-state index is 13.2. The fourth-order valence-electron chi connectivity index (χ4n) is 3.01. The number of carbonyl (C=O) groups is 1. The number of aromatic nitrogens is 1. The number of benzene rings is 2. The van der Waals surface area contributed by atoms with Gasteiger partial charge >= 0.3 is 0 Å². The number of ether oxygens (including phenoxy) is 2. The molecular formula is C24H28N2O3S. The highest BCUT2D eigenvalue weighted by Gasteiger charge is 2.22. The van der Waals surface area contributed by atoms with Crippen molar-refractivity contribution in [3.63, 3.8) is 0 Å². The summed E-state index contributed by atoms with van der Waals surface area (Å²) in [5, 5.41) is 2.89. The number of carbonyl (C=O) groups excluding carboxylic acids is 1. The first-order chi connectivity index (χ1) is 14.5. The molecule has 0 radical (unpaired) electrons.